The van der Waals surface area contributed by atoms with E-state index in [9.17, 15) is 24.9 Å². The highest BCUT2D eigenvalue weighted by atomic mass is 16.4. The SMILES string of the molecule is Cc1cc(C(=O)O)c(N2CC[C@H](O)[C@@](CC3CC3)(C(=O)O)C2)nc1C.O=CO. The molecule has 0 spiro atoms. The third-order valence-corrected chi connectivity index (χ3v) is 5.54. The van der Waals surface area contributed by atoms with Gasteiger partial charge in [0.15, 0.2) is 0 Å². The molecule has 1 saturated carbocycles. The fraction of sp³-hybridized carbons (Fsp3) is 0.579. The Morgan fingerprint density at radius 1 is 1.29 bits per heavy atom. The van der Waals surface area contributed by atoms with Gasteiger partial charge in [0.1, 0.15) is 16.8 Å². The number of carbonyl (C=O) groups is 3. The Morgan fingerprint density at radius 3 is 2.39 bits per heavy atom. The van der Waals surface area contributed by atoms with Crippen molar-refractivity contribution in [2.24, 2.45) is 11.3 Å². The number of aliphatic hydroxyl groups excluding tert-OH is 1. The van der Waals surface area contributed by atoms with Gasteiger partial charge in [0.2, 0.25) is 0 Å². The van der Waals surface area contributed by atoms with Crippen LogP contribution in [0.2, 0.25) is 0 Å². The number of anilines is 1. The molecule has 4 N–H and O–H groups in total. The van der Waals surface area contributed by atoms with Crippen molar-refractivity contribution in [1.29, 1.82) is 0 Å². The summed E-state index contributed by atoms with van der Waals surface area (Å²) in [6.45, 7) is 3.82. The number of aromatic nitrogens is 1. The molecule has 0 bridgehead atoms. The summed E-state index contributed by atoms with van der Waals surface area (Å²) >= 11 is 0. The summed E-state index contributed by atoms with van der Waals surface area (Å²) in [5, 5.41) is 36.7. The zero-order valence-electron chi connectivity index (χ0n) is 16.0. The van der Waals surface area contributed by atoms with Crippen molar-refractivity contribution >= 4 is 24.2 Å². The Balaban J connectivity index is 0.000000878. The Hall–Kier alpha value is -2.68. The molecule has 2 atom stereocenters. The third kappa shape index (κ3) is 4.41. The molecule has 9 nitrogen and oxygen atoms in total. The summed E-state index contributed by atoms with van der Waals surface area (Å²) in [7, 11) is 0. The maximum absolute atomic E-state index is 12.0. The number of aryl methyl sites for hydroxylation is 2. The summed E-state index contributed by atoms with van der Waals surface area (Å²) in [5.74, 6) is -1.47. The molecule has 1 aromatic heterocycles. The molecule has 0 radical (unpaired) electrons. The van der Waals surface area contributed by atoms with E-state index >= 15 is 0 Å². The molecule has 154 valence electrons. The number of aliphatic hydroxyl groups is 1. The Labute approximate surface area is 162 Å². The molecule has 2 fully saturated rings. The third-order valence-electron chi connectivity index (χ3n) is 5.54. The quantitative estimate of drug-likeness (QED) is 0.546. The first kappa shape index (κ1) is 21.6. The summed E-state index contributed by atoms with van der Waals surface area (Å²) in [6, 6.07) is 1.58. The Kier molecular flexibility index (Phi) is 6.60. The van der Waals surface area contributed by atoms with E-state index in [0.29, 0.717) is 30.4 Å². The molecule has 1 saturated heterocycles. The minimum absolute atomic E-state index is 0.0743. The van der Waals surface area contributed by atoms with Gasteiger partial charge in [-0.3, -0.25) is 9.59 Å². The predicted molar refractivity (Wildman–Crippen MR) is 99.6 cm³/mol. The van der Waals surface area contributed by atoms with E-state index in [1.165, 1.54) is 0 Å². The smallest absolute Gasteiger partial charge is 0.339 e. The number of piperidine rings is 1. The van der Waals surface area contributed by atoms with Gasteiger partial charge in [-0.1, -0.05) is 12.8 Å². The van der Waals surface area contributed by atoms with E-state index in [2.05, 4.69) is 4.98 Å². The van der Waals surface area contributed by atoms with Crippen molar-refractivity contribution < 1.29 is 34.8 Å². The first-order valence-electron chi connectivity index (χ1n) is 9.12. The topological polar surface area (TPSA) is 148 Å². The lowest BCUT2D eigenvalue weighted by Gasteiger charge is -2.44. The van der Waals surface area contributed by atoms with E-state index in [0.717, 1.165) is 18.4 Å². The minimum atomic E-state index is -1.27. The van der Waals surface area contributed by atoms with E-state index in [4.69, 9.17) is 9.90 Å². The van der Waals surface area contributed by atoms with Gasteiger partial charge in [-0.15, -0.1) is 0 Å². The largest absolute Gasteiger partial charge is 0.483 e. The van der Waals surface area contributed by atoms with E-state index in [1.54, 1.807) is 24.8 Å². The molecule has 28 heavy (non-hydrogen) atoms. The molecule has 3 rings (SSSR count). The van der Waals surface area contributed by atoms with E-state index in [1.807, 2.05) is 0 Å². The maximum Gasteiger partial charge on any atom is 0.339 e. The number of aliphatic carboxylic acids is 1. The molecular formula is C19H26N2O7. The van der Waals surface area contributed by atoms with Crippen LogP contribution in [0.15, 0.2) is 6.07 Å². The lowest BCUT2D eigenvalue weighted by molar-refractivity contribution is -0.158. The molecule has 1 aliphatic carbocycles. The number of carboxylic acid groups (broad SMARTS) is 3. The van der Waals surface area contributed by atoms with Crippen LogP contribution in [0.1, 0.15) is 47.3 Å². The van der Waals surface area contributed by atoms with Crippen LogP contribution in [0.3, 0.4) is 0 Å². The van der Waals surface area contributed by atoms with Crippen LogP contribution in [0.25, 0.3) is 0 Å². The number of aromatic carboxylic acids is 1. The van der Waals surface area contributed by atoms with Gasteiger partial charge < -0.3 is 25.3 Å². The summed E-state index contributed by atoms with van der Waals surface area (Å²) in [4.78, 5) is 38.2. The number of carboxylic acids is 2. The molecule has 0 aromatic carbocycles. The van der Waals surface area contributed by atoms with Gasteiger partial charge in [-0.25, -0.2) is 9.78 Å². The van der Waals surface area contributed by atoms with Crippen molar-refractivity contribution in [3.8, 4) is 0 Å². The highest BCUT2D eigenvalue weighted by Crippen LogP contribution is 2.45. The van der Waals surface area contributed by atoms with Crippen LogP contribution in [-0.2, 0) is 9.59 Å². The molecule has 1 aliphatic heterocycles. The average molecular weight is 394 g/mol. The molecule has 9 heteroatoms. The van der Waals surface area contributed by atoms with Crippen molar-refractivity contribution in [2.45, 2.75) is 45.6 Å². The highest BCUT2D eigenvalue weighted by molar-refractivity contribution is 5.94. The van der Waals surface area contributed by atoms with Crippen molar-refractivity contribution in [1.82, 2.24) is 4.98 Å². The van der Waals surface area contributed by atoms with E-state index in [-0.39, 0.29) is 25.0 Å². The van der Waals surface area contributed by atoms with Gasteiger partial charge in [0.25, 0.3) is 6.47 Å². The van der Waals surface area contributed by atoms with Crippen molar-refractivity contribution in [2.75, 3.05) is 18.0 Å². The van der Waals surface area contributed by atoms with Crippen LogP contribution in [0, 0.1) is 25.2 Å². The van der Waals surface area contributed by atoms with Gasteiger partial charge in [0.05, 0.1) is 6.10 Å². The summed E-state index contributed by atoms with van der Waals surface area (Å²) in [5.41, 5.74) is 0.301. The van der Waals surface area contributed by atoms with Gasteiger partial charge in [0, 0.05) is 18.8 Å². The molecule has 0 amide bonds. The lowest BCUT2D eigenvalue weighted by atomic mass is 9.73. The lowest BCUT2D eigenvalue weighted by Crippen LogP contribution is -2.56. The fourth-order valence-corrected chi connectivity index (χ4v) is 3.69. The monoisotopic (exact) mass is 394 g/mol. The second-order valence-electron chi connectivity index (χ2n) is 7.51. The van der Waals surface area contributed by atoms with Crippen molar-refractivity contribution in [3.05, 3.63) is 22.9 Å². The Morgan fingerprint density at radius 2 is 1.89 bits per heavy atom. The number of pyridine rings is 1. The number of nitrogens with zero attached hydrogens (tertiary/aromatic N) is 2. The minimum Gasteiger partial charge on any atom is -0.483 e. The summed E-state index contributed by atoms with van der Waals surface area (Å²) < 4.78 is 0. The number of hydrogen-bond donors (Lipinski definition) is 4. The average Bonchev–Trinajstić information content (AvgIpc) is 3.43. The summed E-state index contributed by atoms with van der Waals surface area (Å²) in [6.07, 6.45) is 1.76. The Bertz CT molecular complexity index is 763. The van der Waals surface area contributed by atoms with Crippen LogP contribution in [0.4, 0.5) is 5.82 Å². The van der Waals surface area contributed by atoms with Crippen LogP contribution in [-0.4, -0.2) is 63.0 Å². The molecule has 0 unspecified atom stereocenters. The molecule has 2 heterocycles. The molecule has 2 aliphatic rings. The van der Waals surface area contributed by atoms with Crippen LogP contribution < -0.4 is 4.90 Å². The number of hydrogen-bond acceptors (Lipinski definition) is 6. The van der Waals surface area contributed by atoms with Crippen molar-refractivity contribution in [3.63, 3.8) is 0 Å². The van der Waals surface area contributed by atoms with Crippen LogP contribution in [0.5, 0.6) is 0 Å². The zero-order valence-corrected chi connectivity index (χ0v) is 16.0. The fourth-order valence-electron chi connectivity index (χ4n) is 3.69. The van der Waals surface area contributed by atoms with Gasteiger partial charge in [-0.2, -0.15) is 0 Å². The van der Waals surface area contributed by atoms with Crippen LogP contribution >= 0.6 is 0 Å². The van der Waals surface area contributed by atoms with E-state index < -0.39 is 23.5 Å². The number of rotatable bonds is 5. The first-order chi connectivity index (χ1) is 13.2. The first-order valence-corrected chi connectivity index (χ1v) is 9.12. The van der Waals surface area contributed by atoms with Gasteiger partial charge in [-0.05, 0) is 44.2 Å². The van der Waals surface area contributed by atoms with Gasteiger partial charge >= 0.3 is 11.9 Å². The second kappa shape index (κ2) is 8.55. The second-order valence-corrected chi connectivity index (χ2v) is 7.51. The predicted octanol–water partition coefficient (Wildman–Crippen LogP) is 1.54. The zero-order chi connectivity index (χ0) is 21.1. The standard InChI is InChI=1S/C18H24N2O5.CH2O2/c1-10-7-13(16(22)23)15(19-11(10)2)20-6-5-14(21)18(9-20,17(24)25)8-12-3-4-12;2-1-3/h7,12,14,21H,3-6,8-9H2,1-2H3,(H,22,23)(H,24,25);1H,(H,2,3)/t14-,18-;/m0./s1. The highest BCUT2D eigenvalue weighted by Gasteiger charge is 2.52. The molecular weight excluding hydrogens is 368 g/mol. The molecule has 1 aromatic rings. The maximum atomic E-state index is 12.0. The normalized spacial score (nSPS) is 24.1.